The Kier molecular flexibility index (Phi) is 3.90. The summed E-state index contributed by atoms with van der Waals surface area (Å²) in [6.45, 7) is 11.0. The Labute approximate surface area is 86.8 Å². The Morgan fingerprint density at radius 3 is 2.36 bits per heavy atom. The van der Waals surface area contributed by atoms with Gasteiger partial charge in [0.15, 0.2) is 0 Å². The highest BCUT2D eigenvalue weighted by atomic mass is 14.9. The summed E-state index contributed by atoms with van der Waals surface area (Å²) in [5, 5.41) is 3.38. The molecule has 0 fully saturated rings. The molecular formula is C13H19N. The number of aryl methyl sites for hydroxylation is 2. The minimum absolute atomic E-state index is 0.371. The molecule has 1 unspecified atom stereocenters. The summed E-state index contributed by atoms with van der Waals surface area (Å²) in [5.41, 5.74) is 4.00. The van der Waals surface area contributed by atoms with Crippen LogP contribution in [0, 0.1) is 13.8 Å². The molecular weight excluding hydrogens is 170 g/mol. The average Bonchev–Trinajstić information content (AvgIpc) is 2.12. The summed E-state index contributed by atoms with van der Waals surface area (Å²) < 4.78 is 0. The van der Waals surface area contributed by atoms with E-state index in [1.165, 1.54) is 16.7 Å². The number of nitrogens with one attached hydrogen (secondary N) is 1. The SMILES string of the molecule is C=CC(C)NCc1cc(C)cc(C)c1. The molecule has 0 bridgehead atoms. The number of hydrogen-bond acceptors (Lipinski definition) is 1. The minimum Gasteiger partial charge on any atom is -0.307 e. The van der Waals surface area contributed by atoms with Crippen molar-refractivity contribution in [1.29, 1.82) is 0 Å². The molecule has 0 aliphatic rings. The standard InChI is InChI=1S/C13H19N/c1-5-12(4)14-9-13-7-10(2)6-11(3)8-13/h5-8,12,14H,1,9H2,2-4H3. The van der Waals surface area contributed by atoms with E-state index in [4.69, 9.17) is 0 Å². The van der Waals surface area contributed by atoms with E-state index in [0.29, 0.717) is 6.04 Å². The van der Waals surface area contributed by atoms with Gasteiger partial charge in [0.2, 0.25) is 0 Å². The van der Waals surface area contributed by atoms with Crippen LogP contribution in [0.3, 0.4) is 0 Å². The highest BCUT2D eigenvalue weighted by Crippen LogP contribution is 2.08. The van der Waals surface area contributed by atoms with Gasteiger partial charge in [-0.1, -0.05) is 35.4 Å². The molecule has 0 aliphatic heterocycles. The van der Waals surface area contributed by atoms with Crippen molar-refractivity contribution in [3.63, 3.8) is 0 Å². The average molecular weight is 189 g/mol. The Hall–Kier alpha value is -1.08. The molecule has 76 valence electrons. The molecule has 1 heteroatoms. The molecule has 14 heavy (non-hydrogen) atoms. The fourth-order valence-electron chi connectivity index (χ4n) is 1.53. The summed E-state index contributed by atoms with van der Waals surface area (Å²) in [6, 6.07) is 7.00. The van der Waals surface area contributed by atoms with Crippen LogP contribution in [0.5, 0.6) is 0 Å². The Morgan fingerprint density at radius 2 is 1.86 bits per heavy atom. The fraction of sp³-hybridized carbons (Fsp3) is 0.385. The highest BCUT2D eigenvalue weighted by Gasteiger charge is 1.98. The Morgan fingerprint density at radius 1 is 1.29 bits per heavy atom. The van der Waals surface area contributed by atoms with Gasteiger partial charge >= 0.3 is 0 Å². The zero-order valence-corrected chi connectivity index (χ0v) is 9.30. The molecule has 1 rings (SSSR count). The topological polar surface area (TPSA) is 12.0 Å². The predicted octanol–water partition coefficient (Wildman–Crippen LogP) is 2.97. The van der Waals surface area contributed by atoms with Crippen molar-refractivity contribution in [3.8, 4) is 0 Å². The third-order valence-electron chi connectivity index (χ3n) is 2.26. The van der Waals surface area contributed by atoms with Crippen molar-refractivity contribution >= 4 is 0 Å². The van der Waals surface area contributed by atoms with Crippen LogP contribution >= 0.6 is 0 Å². The van der Waals surface area contributed by atoms with E-state index in [-0.39, 0.29) is 0 Å². The molecule has 1 N–H and O–H groups in total. The van der Waals surface area contributed by atoms with Crippen LogP contribution in [-0.2, 0) is 6.54 Å². The molecule has 1 nitrogen and oxygen atoms in total. The van der Waals surface area contributed by atoms with Gasteiger partial charge in [0, 0.05) is 12.6 Å². The summed E-state index contributed by atoms with van der Waals surface area (Å²) in [5.74, 6) is 0. The van der Waals surface area contributed by atoms with E-state index in [1.54, 1.807) is 0 Å². The summed E-state index contributed by atoms with van der Waals surface area (Å²) in [7, 11) is 0. The van der Waals surface area contributed by atoms with Crippen molar-refractivity contribution in [2.75, 3.05) is 0 Å². The molecule has 1 aromatic carbocycles. The van der Waals surface area contributed by atoms with Crippen LogP contribution in [0.25, 0.3) is 0 Å². The molecule has 0 saturated carbocycles. The first-order valence-corrected chi connectivity index (χ1v) is 5.05. The van der Waals surface area contributed by atoms with Crippen molar-refractivity contribution < 1.29 is 0 Å². The van der Waals surface area contributed by atoms with Crippen LogP contribution in [0.4, 0.5) is 0 Å². The Bertz CT molecular complexity index is 295. The van der Waals surface area contributed by atoms with Gasteiger partial charge in [-0.25, -0.2) is 0 Å². The van der Waals surface area contributed by atoms with Crippen LogP contribution < -0.4 is 5.32 Å². The summed E-state index contributed by atoms with van der Waals surface area (Å²) in [4.78, 5) is 0. The van der Waals surface area contributed by atoms with Gasteiger partial charge in [0.05, 0.1) is 0 Å². The third kappa shape index (κ3) is 3.35. The lowest BCUT2D eigenvalue weighted by molar-refractivity contribution is 0.634. The smallest absolute Gasteiger partial charge is 0.0222 e. The zero-order chi connectivity index (χ0) is 10.6. The van der Waals surface area contributed by atoms with E-state index in [2.05, 4.69) is 50.9 Å². The van der Waals surface area contributed by atoms with E-state index in [0.717, 1.165) is 6.54 Å². The van der Waals surface area contributed by atoms with Gasteiger partial charge in [-0.3, -0.25) is 0 Å². The summed E-state index contributed by atoms with van der Waals surface area (Å²) in [6.07, 6.45) is 1.92. The van der Waals surface area contributed by atoms with Crippen LogP contribution in [0.2, 0.25) is 0 Å². The molecule has 0 spiro atoms. The largest absolute Gasteiger partial charge is 0.307 e. The van der Waals surface area contributed by atoms with Crippen LogP contribution in [0.15, 0.2) is 30.9 Å². The van der Waals surface area contributed by atoms with E-state index in [9.17, 15) is 0 Å². The molecule has 0 radical (unpaired) electrons. The number of benzene rings is 1. The first-order chi connectivity index (χ1) is 6.61. The van der Waals surface area contributed by atoms with Gasteiger partial charge < -0.3 is 5.32 Å². The Balaban J connectivity index is 2.62. The van der Waals surface area contributed by atoms with Gasteiger partial charge in [0.25, 0.3) is 0 Å². The van der Waals surface area contributed by atoms with Crippen molar-refractivity contribution in [3.05, 3.63) is 47.5 Å². The van der Waals surface area contributed by atoms with Crippen LogP contribution in [-0.4, -0.2) is 6.04 Å². The number of rotatable bonds is 4. The molecule has 1 atom stereocenters. The highest BCUT2D eigenvalue weighted by molar-refractivity contribution is 5.28. The van der Waals surface area contributed by atoms with E-state index >= 15 is 0 Å². The lowest BCUT2D eigenvalue weighted by Crippen LogP contribution is -2.22. The minimum atomic E-state index is 0.371. The third-order valence-corrected chi connectivity index (χ3v) is 2.26. The lowest BCUT2D eigenvalue weighted by atomic mass is 10.1. The molecule has 0 aliphatic carbocycles. The van der Waals surface area contributed by atoms with Crippen molar-refractivity contribution in [2.45, 2.75) is 33.4 Å². The summed E-state index contributed by atoms with van der Waals surface area (Å²) >= 11 is 0. The molecule has 0 heterocycles. The first kappa shape index (κ1) is 11.0. The molecule has 0 saturated heterocycles. The predicted molar refractivity (Wildman–Crippen MR) is 62.4 cm³/mol. The van der Waals surface area contributed by atoms with Crippen molar-refractivity contribution in [2.24, 2.45) is 0 Å². The van der Waals surface area contributed by atoms with Crippen LogP contribution in [0.1, 0.15) is 23.6 Å². The zero-order valence-electron chi connectivity index (χ0n) is 9.30. The van der Waals surface area contributed by atoms with Crippen molar-refractivity contribution in [1.82, 2.24) is 5.32 Å². The van der Waals surface area contributed by atoms with Gasteiger partial charge in [0.1, 0.15) is 0 Å². The maximum atomic E-state index is 3.75. The van der Waals surface area contributed by atoms with E-state index < -0.39 is 0 Å². The molecule has 1 aromatic rings. The number of hydrogen-bond donors (Lipinski definition) is 1. The maximum Gasteiger partial charge on any atom is 0.0222 e. The maximum absolute atomic E-state index is 3.75. The first-order valence-electron chi connectivity index (χ1n) is 5.05. The quantitative estimate of drug-likeness (QED) is 0.718. The molecule has 0 aromatic heterocycles. The van der Waals surface area contributed by atoms with Gasteiger partial charge in [-0.05, 0) is 26.3 Å². The lowest BCUT2D eigenvalue weighted by Gasteiger charge is -2.10. The monoisotopic (exact) mass is 189 g/mol. The van der Waals surface area contributed by atoms with Gasteiger partial charge in [-0.2, -0.15) is 0 Å². The second kappa shape index (κ2) is 4.97. The fourth-order valence-corrected chi connectivity index (χ4v) is 1.53. The van der Waals surface area contributed by atoms with Gasteiger partial charge in [-0.15, -0.1) is 6.58 Å². The normalized spacial score (nSPS) is 12.5. The second-order valence-corrected chi connectivity index (χ2v) is 3.90. The second-order valence-electron chi connectivity index (χ2n) is 3.90. The molecule has 0 amide bonds. The van der Waals surface area contributed by atoms with E-state index in [1.807, 2.05) is 6.08 Å².